The molecular formula is C6H16N4. The Morgan fingerprint density at radius 1 is 0.700 bits per heavy atom. The third kappa shape index (κ3) is 3.79. The normalized spacial score (nSPS) is 24.0. The van der Waals surface area contributed by atoms with Crippen LogP contribution in [-0.4, -0.2) is 32.8 Å². The lowest BCUT2D eigenvalue weighted by molar-refractivity contribution is 0.689. The number of hydrogen-bond acceptors (Lipinski definition) is 4. The van der Waals surface area contributed by atoms with Crippen LogP contribution in [0.3, 0.4) is 0 Å². The molecule has 2 aliphatic rings. The van der Waals surface area contributed by atoms with Gasteiger partial charge in [-0.15, -0.1) is 0 Å². The fourth-order valence-corrected chi connectivity index (χ4v) is 0.884. The van der Waals surface area contributed by atoms with Gasteiger partial charge in [-0.1, -0.05) is 0 Å². The molecule has 60 valence electrons. The fourth-order valence-electron chi connectivity index (χ4n) is 0.884. The molecule has 0 radical (unpaired) electrons. The van der Waals surface area contributed by atoms with E-state index in [0.717, 1.165) is 32.8 Å². The molecule has 0 amide bonds. The molecular weight excluding hydrogens is 128 g/mol. The minimum atomic E-state index is 1.00. The van der Waals surface area contributed by atoms with Crippen LogP contribution in [0.15, 0.2) is 0 Å². The number of nitrogens with one attached hydrogen (secondary N) is 4. The van der Waals surface area contributed by atoms with Crippen LogP contribution < -0.4 is 21.5 Å². The predicted octanol–water partition coefficient (Wildman–Crippen LogP) is -1.38. The lowest BCUT2D eigenvalue weighted by atomic mass is 10.5. The molecule has 2 saturated heterocycles. The molecule has 2 heterocycles. The highest BCUT2D eigenvalue weighted by Gasteiger charge is 1.91. The van der Waals surface area contributed by atoms with Crippen molar-refractivity contribution in [3.8, 4) is 0 Å². The van der Waals surface area contributed by atoms with E-state index in [-0.39, 0.29) is 0 Å². The van der Waals surface area contributed by atoms with Crippen LogP contribution >= 0.6 is 0 Å². The second kappa shape index (κ2) is 5.61. The summed E-state index contributed by atoms with van der Waals surface area (Å²) in [5.74, 6) is 0. The highest BCUT2D eigenvalue weighted by Crippen LogP contribution is 1.74. The summed E-state index contributed by atoms with van der Waals surface area (Å²) in [5, 5.41) is 6.22. The lowest BCUT2D eigenvalue weighted by Gasteiger charge is -1.81. The average molecular weight is 144 g/mol. The first-order chi connectivity index (χ1) is 5.00. The van der Waals surface area contributed by atoms with Crippen molar-refractivity contribution < 1.29 is 0 Å². The molecule has 0 spiro atoms. The van der Waals surface area contributed by atoms with Gasteiger partial charge in [0.25, 0.3) is 0 Å². The Morgan fingerprint density at radius 2 is 1.30 bits per heavy atom. The van der Waals surface area contributed by atoms with Gasteiger partial charge in [0, 0.05) is 32.8 Å². The maximum atomic E-state index is 3.11. The van der Waals surface area contributed by atoms with Crippen LogP contribution in [0.5, 0.6) is 0 Å². The Morgan fingerprint density at radius 3 is 1.50 bits per heavy atom. The Hall–Kier alpha value is -0.160. The van der Waals surface area contributed by atoms with E-state index in [1.165, 1.54) is 6.42 Å². The van der Waals surface area contributed by atoms with Gasteiger partial charge in [0.05, 0.1) is 0 Å². The molecule has 4 nitrogen and oxygen atoms in total. The van der Waals surface area contributed by atoms with Gasteiger partial charge in [0.1, 0.15) is 0 Å². The first-order valence-electron chi connectivity index (χ1n) is 3.87. The standard InChI is InChI=1S/2C3H8N2/c1-2-5-3-4-1;1-2-4-5-3-1/h2*4-5H,1-3H2. The van der Waals surface area contributed by atoms with E-state index >= 15 is 0 Å². The van der Waals surface area contributed by atoms with Crippen molar-refractivity contribution in [1.82, 2.24) is 21.5 Å². The molecule has 0 atom stereocenters. The zero-order valence-electron chi connectivity index (χ0n) is 6.24. The number of hydrogen-bond donors (Lipinski definition) is 4. The molecule has 2 fully saturated rings. The first-order valence-corrected chi connectivity index (χ1v) is 3.87. The van der Waals surface area contributed by atoms with E-state index in [0.29, 0.717) is 0 Å². The Bertz CT molecular complexity index is 42.9. The molecule has 0 aliphatic carbocycles. The van der Waals surface area contributed by atoms with Gasteiger partial charge in [0.15, 0.2) is 0 Å². The summed E-state index contributed by atoms with van der Waals surface area (Å²) in [5.41, 5.74) is 5.94. The second-order valence-electron chi connectivity index (χ2n) is 2.38. The van der Waals surface area contributed by atoms with Crippen molar-refractivity contribution in [1.29, 1.82) is 0 Å². The van der Waals surface area contributed by atoms with Crippen molar-refractivity contribution in [2.24, 2.45) is 0 Å². The van der Waals surface area contributed by atoms with E-state index in [1.807, 2.05) is 0 Å². The second-order valence-corrected chi connectivity index (χ2v) is 2.38. The van der Waals surface area contributed by atoms with E-state index < -0.39 is 0 Å². The lowest BCUT2D eigenvalue weighted by Crippen LogP contribution is -2.21. The van der Waals surface area contributed by atoms with Crippen LogP contribution in [0.2, 0.25) is 0 Å². The van der Waals surface area contributed by atoms with Crippen LogP contribution in [-0.2, 0) is 0 Å². The molecule has 0 aromatic rings. The van der Waals surface area contributed by atoms with Gasteiger partial charge in [-0.2, -0.15) is 0 Å². The molecule has 0 saturated carbocycles. The summed E-state index contributed by atoms with van der Waals surface area (Å²) in [6.45, 7) is 5.56. The minimum Gasteiger partial charge on any atom is -0.303 e. The van der Waals surface area contributed by atoms with E-state index in [1.54, 1.807) is 0 Å². The largest absolute Gasteiger partial charge is 0.303 e. The average Bonchev–Trinajstić information content (AvgIpc) is 2.67. The van der Waals surface area contributed by atoms with E-state index in [9.17, 15) is 0 Å². The van der Waals surface area contributed by atoms with Crippen molar-refractivity contribution in [2.45, 2.75) is 6.42 Å². The van der Waals surface area contributed by atoms with Gasteiger partial charge in [0.2, 0.25) is 0 Å². The molecule has 0 unspecified atom stereocenters. The highest BCUT2D eigenvalue weighted by atomic mass is 15.4. The third-order valence-electron chi connectivity index (χ3n) is 1.46. The summed E-state index contributed by atoms with van der Waals surface area (Å²) >= 11 is 0. The molecule has 4 heteroatoms. The Balaban J connectivity index is 0.0000001000. The zero-order chi connectivity index (χ0) is 7.07. The Labute approximate surface area is 61.7 Å². The predicted molar refractivity (Wildman–Crippen MR) is 41.5 cm³/mol. The topological polar surface area (TPSA) is 48.1 Å². The summed E-state index contributed by atoms with van der Waals surface area (Å²) in [6.07, 6.45) is 1.28. The molecule has 2 aliphatic heterocycles. The molecule has 0 aromatic heterocycles. The molecule has 2 rings (SSSR count). The van der Waals surface area contributed by atoms with Crippen molar-refractivity contribution in [3.63, 3.8) is 0 Å². The smallest absolute Gasteiger partial charge is 0.0455 e. The first kappa shape index (κ1) is 7.94. The molecule has 4 N–H and O–H groups in total. The number of hydrazine groups is 1. The van der Waals surface area contributed by atoms with Crippen molar-refractivity contribution in [3.05, 3.63) is 0 Å². The van der Waals surface area contributed by atoms with Gasteiger partial charge in [-0.05, 0) is 6.42 Å². The third-order valence-corrected chi connectivity index (χ3v) is 1.46. The minimum absolute atomic E-state index is 1.00. The van der Waals surface area contributed by atoms with Crippen LogP contribution in [0, 0.1) is 0 Å². The molecule has 0 aromatic carbocycles. The molecule has 10 heavy (non-hydrogen) atoms. The van der Waals surface area contributed by atoms with Crippen molar-refractivity contribution in [2.75, 3.05) is 32.8 Å². The monoisotopic (exact) mass is 144 g/mol. The zero-order valence-corrected chi connectivity index (χ0v) is 6.24. The van der Waals surface area contributed by atoms with Crippen LogP contribution in [0.25, 0.3) is 0 Å². The summed E-state index contributed by atoms with van der Waals surface area (Å²) < 4.78 is 0. The Kier molecular flexibility index (Phi) is 4.46. The SMILES string of the molecule is C1CNCN1.C1CNNC1. The quantitative estimate of drug-likeness (QED) is 0.338. The van der Waals surface area contributed by atoms with E-state index in [4.69, 9.17) is 0 Å². The summed E-state index contributed by atoms with van der Waals surface area (Å²) in [4.78, 5) is 0. The summed E-state index contributed by atoms with van der Waals surface area (Å²) in [7, 11) is 0. The van der Waals surface area contributed by atoms with Crippen molar-refractivity contribution >= 4 is 0 Å². The number of rotatable bonds is 0. The highest BCUT2D eigenvalue weighted by molar-refractivity contribution is 4.55. The fraction of sp³-hybridized carbons (Fsp3) is 1.00. The van der Waals surface area contributed by atoms with Gasteiger partial charge < -0.3 is 10.6 Å². The maximum Gasteiger partial charge on any atom is 0.0455 e. The van der Waals surface area contributed by atoms with Crippen LogP contribution in [0.1, 0.15) is 6.42 Å². The van der Waals surface area contributed by atoms with Crippen LogP contribution in [0.4, 0.5) is 0 Å². The van der Waals surface area contributed by atoms with Gasteiger partial charge >= 0.3 is 0 Å². The van der Waals surface area contributed by atoms with E-state index in [2.05, 4.69) is 21.5 Å². The van der Waals surface area contributed by atoms with Gasteiger partial charge in [-0.25, -0.2) is 0 Å². The summed E-state index contributed by atoms with van der Waals surface area (Å²) in [6, 6.07) is 0. The maximum absolute atomic E-state index is 3.11. The van der Waals surface area contributed by atoms with Gasteiger partial charge in [-0.3, -0.25) is 10.9 Å². The molecule has 0 bridgehead atoms.